The minimum atomic E-state index is 0.0133. The van der Waals surface area contributed by atoms with Crippen LogP contribution in [0.4, 0.5) is 5.69 Å². The Balaban J connectivity index is 2.15. The number of anilines is 1. The molecule has 0 aliphatic carbocycles. The molecule has 0 spiro atoms. The number of nitrogens with two attached hydrogens (primary N) is 1. The molecule has 0 fully saturated rings. The van der Waals surface area contributed by atoms with E-state index in [0.717, 1.165) is 8.66 Å². The number of halogens is 1. The summed E-state index contributed by atoms with van der Waals surface area (Å²) in [5, 5.41) is 0. The highest BCUT2D eigenvalue weighted by Crippen LogP contribution is 2.24. The third-order valence-electron chi connectivity index (χ3n) is 2.78. The van der Waals surface area contributed by atoms with E-state index in [1.165, 1.54) is 0 Å². The van der Waals surface area contributed by atoms with Gasteiger partial charge in [-0.1, -0.05) is 6.07 Å². The van der Waals surface area contributed by atoms with E-state index >= 15 is 0 Å². The summed E-state index contributed by atoms with van der Waals surface area (Å²) in [5.74, 6) is 0.0133. The highest BCUT2D eigenvalue weighted by atomic mass is 79.9. The largest absolute Gasteiger partial charge is 0.399 e. The lowest BCUT2D eigenvalue weighted by atomic mass is 10.1. The van der Waals surface area contributed by atoms with Gasteiger partial charge in [-0.2, -0.15) is 0 Å². The SMILES string of the molecule is CCN(Cc1ccc(Br)s1)C(=O)c1cccc(N)c1. The average molecular weight is 339 g/mol. The second-order valence-corrected chi connectivity index (χ2v) is 6.70. The molecule has 1 aromatic carbocycles. The van der Waals surface area contributed by atoms with E-state index in [4.69, 9.17) is 5.73 Å². The first-order valence-corrected chi connectivity index (χ1v) is 7.60. The van der Waals surface area contributed by atoms with Crippen LogP contribution in [0.3, 0.4) is 0 Å². The molecular formula is C14H15BrN2OS. The lowest BCUT2D eigenvalue weighted by Crippen LogP contribution is -2.30. The van der Waals surface area contributed by atoms with Crippen molar-refractivity contribution in [3.8, 4) is 0 Å². The molecule has 0 unspecified atom stereocenters. The molecule has 0 saturated heterocycles. The van der Waals surface area contributed by atoms with Crippen LogP contribution in [0.25, 0.3) is 0 Å². The molecule has 0 radical (unpaired) electrons. The van der Waals surface area contributed by atoms with Crippen LogP contribution in [0.5, 0.6) is 0 Å². The van der Waals surface area contributed by atoms with Gasteiger partial charge in [0.1, 0.15) is 0 Å². The topological polar surface area (TPSA) is 46.3 Å². The van der Waals surface area contributed by atoms with Crippen LogP contribution >= 0.6 is 27.3 Å². The van der Waals surface area contributed by atoms with E-state index in [-0.39, 0.29) is 5.91 Å². The van der Waals surface area contributed by atoms with Crippen LogP contribution in [0.15, 0.2) is 40.2 Å². The summed E-state index contributed by atoms with van der Waals surface area (Å²) in [4.78, 5) is 15.4. The van der Waals surface area contributed by atoms with E-state index in [0.29, 0.717) is 24.3 Å². The van der Waals surface area contributed by atoms with Crippen LogP contribution in [0.1, 0.15) is 22.2 Å². The monoisotopic (exact) mass is 338 g/mol. The zero-order valence-corrected chi connectivity index (χ0v) is 13.0. The van der Waals surface area contributed by atoms with Crippen LogP contribution < -0.4 is 5.73 Å². The number of hydrogen-bond donors (Lipinski definition) is 1. The summed E-state index contributed by atoms with van der Waals surface area (Å²) < 4.78 is 1.08. The Hall–Kier alpha value is -1.33. The zero-order chi connectivity index (χ0) is 13.8. The normalized spacial score (nSPS) is 10.4. The molecule has 1 heterocycles. The molecule has 2 N–H and O–H groups in total. The Labute approximate surface area is 125 Å². The van der Waals surface area contributed by atoms with E-state index < -0.39 is 0 Å². The third kappa shape index (κ3) is 3.58. The lowest BCUT2D eigenvalue weighted by Gasteiger charge is -2.20. The van der Waals surface area contributed by atoms with Crippen molar-refractivity contribution >= 4 is 38.9 Å². The summed E-state index contributed by atoms with van der Waals surface area (Å²) in [6.45, 7) is 3.27. The van der Waals surface area contributed by atoms with Gasteiger partial charge >= 0.3 is 0 Å². The van der Waals surface area contributed by atoms with Gasteiger partial charge in [0.25, 0.3) is 5.91 Å². The van der Waals surface area contributed by atoms with Crippen molar-refractivity contribution in [2.75, 3.05) is 12.3 Å². The van der Waals surface area contributed by atoms with Crippen molar-refractivity contribution in [3.63, 3.8) is 0 Å². The zero-order valence-electron chi connectivity index (χ0n) is 10.6. The number of carbonyl (C=O) groups is 1. The Kier molecular flexibility index (Phi) is 4.61. The van der Waals surface area contributed by atoms with Crippen molar-refractivity contribution in [1.29, 1.82) is 0 Å². The molecule has 100 valence electrons. The summed E-state index contributed by atoms with van der Waals surface area (Å²) >= 11 is 5.08. The maximum Gasteiger partial charge on any atom is 0.254 e. The average Bonchev–Trinajstić information content (AvgIpc) is 2.81. The van der Waals surface area contributed by atoms with Crippen molar-refractivity contribution in [3.05, 3.63) is 50.6 Å². The Morgan fingerprint density at radius 3 is 2.74 bits per heavy atom. The fourth-order valence-corrected chi connectivity index (χ4v) is 3.31. The summed E-state index contributed by atoms with van der Waals surface area (Å²) in [6.07, 6.45) is 0. The minimum Gasteiger partial charge on any atom is -0.399 e. The van der Waals surface area contributed by atoms with Crippen LogP contribution in [0.2, 0.25) is 0 Å². The highest BCUT2D eigenvalue weighted by Gasteiger charge is 2.15. The predicted molar refractivity (Wildman–Crippen MR) is 83.3 cm³/mol. The number of hydrogen-bond acceptors (Lipinski definition) is 3. The van der Waals surface area contributed by atoms with Crippen LogP contribution in [-0.2, 0) is 6.54 Å². The third-order valence-corrected chi connectivity index (χ3v) is 4.39. The first kappa shape index (κ1) is 14.1. The van der Waals surface area contributed by atoms with E-state index in [9.17, 15) is 4.79 Å². The molecule has 0 aliphatic heterocycles. The van der Waals surface area contributed by atoms with Gasteiger partial charge in [-0.25, -0.2) is 0 Å². The van der Waals surface area contributed by atoms with Gasteiger partial charge in [0.15, 0.2) is 0 Å². The number of nitrogen functional groups attached to an aromatic ring is 1. The fourth-order valence-electron chi connectivity index (χ4n) is 1.81. The van der Waals surface area contributed by atoms with Gasteiger partial charge in [-0.15, -0.1) is 11.3 Å². The molecular weight excluding hydrogens is 324 g/mol. The minimum absolute atomic E-state index is 0.0133. The molecule has 0 aliphatic rings. The van der Waals surface area contributed by atoms with Crippen molar-refractivity contribution in [2.24, 2.45) is 0 Å². The lowest BCUT2D eigenvalue weighted by molar-refractivity contribution is 0.0754. The highest BCUT2D eigenvalue weighted by molar-refractivity contribution is 9.11. The number of amides is 1. The summed E-state index contributed by atoms with van der Waals surface area (Å²) in [6, 6.07) is 11.1. The van der Waals surface area contributed by atoms with Gasteiger partial charge in [0.2, 0.25) is 0 Å². The molecule has 5 heteroatoms. The molecule has 1 amide bonds. The number of carbonyl (C=O) groups excluding carboxylic acids is 1. The number of nitrogens with zero attached hydrogens (tertiary/aromatic N) is 1. The van der Waals surface area contributed by atoms with Gasteiger partial charge < -0.3 is 10.6 Å². The standard InChI is InChI=1S/C14H15BrN2OS/c1-2-17(9-12-6-7-13(15)19-12)14(18)10-4-3-5-11(16)8-10/h3-8H,2,9,16H2,1H3. The van der Waals surface area contributed by atoms with Gasteiger partial charge in [0.05, 0.1) is 10.3 Å². The Morgan fingerprint density at radius 2 is 2.16 bits per heavy atom. The quantitative estimate of drug-likeness (QED) is 0.863. The van der Waals surface area contributed by atoms with Gasteiger partial charge in [-0.3, -0.25) is 4.79 Å². The van der Waals surface area contributed by atoms with Crippen molar-refractivity contribution < 1.29 is 4.79 Å². The Morgan fingerprint density at radius 1 is 1.37 bits per heavy atom. The maximum absolute atomic E-state index is 12.4. The fraction of sp³-hybridized carbons (Fsp3) is 0.214. The van der Waals surface area contributed by atoms with Gasteiger partial charge in [0, 0.05) is 22.7 Å². The Bertz CT molecular complexity index is 582. The summed E-state index contributed by atoms with van der Waals surface area (Å²) in [5.41, 5.74) is 6.97. The van der Waals surface area contributed by atoms with E-state index in [1.807, 2.05) is 24.0 Å². The second kappa shape index (κ2) is 6.21. The molecule has 2 rings (SSSR count). The van der Waals surface area contributed by atoms with Crippen molar-refractivity contribution in [1.82, 2.24) is 4.90 Å². The molecule has 0 bridgehead atoms. The first-order valence-electron chi connectivity index (χ1n) is 5.99. The van der Waals surface area contributed by atoms with E-state index in [2.05, 4.69) is 15.9 Å². The first-order chi connectivity index (χ1) is 9.10. The second-order valence-electron chi connectivity index (χ2n) is 4.15. The maximum atomic E-state index is 12.4. The number of benzene rings is 1. The predicted octanol–water partition coefficient (Wildman–Crippen LogP) is 3.76. The van der Waals surface area contributed by atoms with Crippen LogP contribution in [0, 0.1) is 0 Å². The molecule has 3 nitrogen and oxygen atoms in total. The summed E-state index contributed by atoms with van der Waals surface area (Å²) in [7, 11) is 0. The van der Waals surface area contributed by atoms with Gasteiger partial charge in [-0.05, 0) is 53.2 Å². The smallest absolute Gasteiger partial charge is 0.254 e. The molecule has 1 aromatic heterocycles. The van der Waals surface area contributed by atoms with E-state index in [1.54, 1.807) is 35.6 Å². The number of thiophene rings is 1. The molecule has 19 heavy (non-hydrogen) atoms. The molecule has 0 atom stereocenters. The van der Waals surface area contributed by atoms with Crippen molar-refractivity contribution in [2.45, 2.75) is 13.5 Å². The number of rotatable bonds is 4. The molecule has 2 aromatic rings. The van der Waals surface area contributed by atoms with Crippen LogP contribution in [-0.4, -0.2) is 17.4 Å². The molecule has 0 saturated carbocycles.